The Morgan fingerprint density at radius 1 is 1.00 bits per heavy atom. The standard InChI is InChI=1S/C28H29N3O3/c1-18-5-7-20(8-6-18)16-31(3)17-21-9-12-23(13-10-21)29-19(2)26-24-14-11-22(28(33)34-4)15-25(24)30-27(26)32/h5-15,26H,16-17H2,1-4H3,(H,30,32). The predicted octanol–water partition coefficient (Wildman–Crippen LogP) is 5.24. The van der Waals surface area contributed by atoms with Crippen LogP contribution < -0.4 is 5.32 Å². The minimum Gasteiger partial charge on any atom is -0.465 e. The van der Waals surface area contributed by atoms with Gasteiger partial charge in [-0.3, -0.25) is 14.7 Å². The van der Waals surface area contributed by atoms with Crippen molar-refractivity contribution in [2.45, 2.75) is 32.9 Å². The number of anilines is 1. The van der Waals surface area contributed by atoms with E-state index in [1.165, 1.54) is 23.8 Å². The summed E-state index contributed by atoms with van der Waals surface area (Å²) in [6.07, 6.45) is 0. The predicted molar refractivity (Wildman–Crippen MR) is 135 cm³/mol. The maximum absolute atomic E-state index is 12.6. The Labute approximate surface area is 200 Å². The van der Waals surface area contributed by atoms with Crippen LogP contribution in [0.2, 0.25) is 0 Å². The Hall–Kier alpha value is -3.77. The van der Waals surface area contributed by atoms with Crippen molar-refractivity contribution < 1.29 is 14.3 Å². The lowest BCUT2D eigenvalue weighted by Gasteiger charge is -2.17. The van der Waals surface area contributed by atoms with Crippen molar-refractivity contribution >= 4 is 29.0 Å². The number of hydrogen-bond acceptors (Lipinski definition) is 5. The number of hydrogen-bond donors (Lipinski definition) is 1. The van der Waals surface area contributed by atoms with Crippen LogP contribution in [0.15, 0.2) is 71.7 Å². The molecule has 1 atom stereocenters. The quantitative estimate of drug-likeness (QED) is 0.391. The fourth-order valence-electron chi connectivity index (χ4n) is 4.24. The molecule has 34 heavy (non-hydrogen) atoms. The number of aliphatic imine (C=N–C) groups is 1. The van der Waals surface area contributed by atoms with Crippen LogP contribution in [-0.2, 0) is 22.6 Å². The van der Waals surface area contributed by atoms with Crippen molar-refractivity contribution in [2.75, 3.05) is 19.5 Å². The van der Waals surface area contributed by atoms with Gasteiger partial charge in [-0.05, 0) is 61.9 Å². The van der Waals surface area contributed by atoms with E-state index in [9.17, 15) is 9.59 Å². The molecule has 174 valence electrons. The zero-order chi connectivity index (χ0) is 24.2. The summed E-state index contributed by atoms with van der Waals surface area (Å²) >= 11 is 0. The molecular formula is C28H29N3O3. The van der Waals surface area contributed by atoms with Gasteiger partial charge in [0.15, 0.2) is 0 Å². The van der Waals surface area contributed by atoms with E-state index in [1.807, 2.05) is 19.1 Å². The average molecular weight is 456 g/mol. The third-order valence-corrected chi connectivity index (χ3v) is 5.99. The fourth-order valence-corrected chi connectivity index (χ4v) is 4.24. The van der Waals surface area contributed by atoms with Gasteiger partial charge < -0.3 is 10.1 Å². The average Bonchev–Trinajstić information content (AvgIpc) is 3.16. The second-order valence-corrected chi connectivity index (χ2v) is 8.79. The molecule has 1 aliphatic rings. The Kier molecular flexibility index (Phi) is 6.89. The second-order valence-electron chi connectivity index (χ2n) is 8.79. The van der Waals surface area contributed by atoms with Gasteiger partial charge in [-0.2, -0.15) is 0 Å². The van der Waals surface area contributed by atoms with E-state index in [0.717, 1.165) is 24.3 Å². The zero-order valence-corrected chi connectivity index (χ0v) is 20.0. The van der Waals surface area contributed by atoms with Crippen LogP contribution in [0.25, 0.3) is 0 Å². The van der Waals surface area contributed by atoms with Crippen molar-refractivity contribution in [3.05, 3.63) is 94.5 Å². The fraction of sp³-hybridized carbons (Fsp3) is 0.250. The number of ether oxygens (including phenoxy) is 1. The van der Waals surface area contributed by atoms with Gasteiger partial charge in [0.1, 0.15) is 5.92 Å². The molecule has 0 saturated carbocycles. The molecule has 0 aliphatic carbocycles. The van der Waals surface area contributed by atoms with Crippen LogP contribution in [0.1, 0.15) is 45.5 Å². The summed E-state index contributed by atoms with van der Waals surface area (Å²) in [5.74, 6) is -1.06. The molecule has 1 aliphatic heterocycles. The summed E-state index contributed by atoms with van der Waals surface area (Å²) < 4.78 is 4.77. The Balaban J connectivity index is 1.44. The van der Waals surface area contributed by atoms with E-state index < -0.39 is 11.9 Å². The first-order chi connectivity index (χ1) is 16.3. The minimum absolute atomic E-state index is 0.146. The molecule has 0 aromatic heterocycles. The van der Waals surface area contributed by atoms with Crippen molar-refractivity contribution in [3.63, 3.8) is 0 Å². The van der Waals surface area contributed by atoms with E-state index >= 15 is 0 Å². The number of amides is 1. The van der Waals surface area contributed by atoms with E-state index in [2.05, 4.69) is 60.6 Å². The summed E-state index contributed by atoms with van der Waals surface area (Å²) in [6.45, 7) is 5.67. The van der Waals surface area contributed by atoms with Crippen LogP contribution in [0.4, 0.5) is 11.4 Å². The van der Waals surface area contributed by atoms with Gasteiger partial charge in [0.05, 0.1) is 18.4 Å². The first-order valence-electron chi connectivity index (χ1n) is 11.3. The molecule has 0 spiro atoms. The van der Waals surface area contributed by atoms with Crippen LogP contribution in [0, 0.1) is 6.92 Å². The molecule has 6 heteroatoms. The van der Waals surface area contributed by atoms with E-state index in [0.29, 0.717) is 17.0 Å². The normalized spacial score (nSPS) is 15.3. The van der Waals surface area contributed by atoms with Crippen LogP contribution in [0.3, 0.4) is 0 Å². The Bertz CT molecular complexity index is 1230. The van der Waals surface area contributed by atoms with Crippen molar-refractivity contribution in [3.8, 4) is 0 Å². The van der Waals surface area contributed by atoms with Gasteiger partial charge >= 0.3 is 5.97 Å². The molecule has 1 amide bonds. The zero-order valence-electron chi connectivity index (χ0n) is 20.0. The number of aryl methyl sites for hydroxylation is 1. The summed E-state index contributed by atoms with van der Waals surface area (Å²) in [7, 11) is 3.44. The Morgan fingerprint density at radius 2 is 1.62 bits per heavy atom. The molecular weight excluding hydrogens is 426 g/mol. The smallest absolute Gasteiger partial charge is 0.337 e. The van der Waals surface area contributed by atoms with Crippen LogP contribution >= 0.6 is 0 Å². The first kappa shape index (κ1) is 23.4. The highest BCUT2D eigenvalue weighted by atomic mass is 16.5. The summed E-state index contributed by atoms with van der Waals surface area (Å²) in [5, 5.41) is 2.85. The van der Waals surface area contributed by atoms with E-state index in [4.69, 9.17) is 9.73 Å². The highest BCUT2D eigenvalue weighted by Crippen LogP contribution is 2.35. The molecule has 1 heterocycles. The SMILES string of the molecule is COC(=O)c1ccc2c(c1)NC(=O)C2C(C)=Nc1ccc(CN(C)Cc2ccc(C)cc2)cc1. The van der Waals surface area contributed by atoms with Crippen molar-refractivity contribution in [2.24, 2.45) is 4.99 Å². The number of fused-ring (bicyclic) bond motifs is 1. The lowest BCUT2D eigenvalue weighted by molar-refractivity contribution is -0.115. The molecule has 0 bridgehead atoms. The molecule has 1 N–H and O–H groups in total. The highest BCUT2D eigenvalue weighted by Gasteiger charge is 2.33. The number of carbonyl (C=O) groups excluding carboxylic acids is 2. The van der Waals surface area contributed by atoms with Crippen molar-refractivity contribution in [1.82, 2.24) is 4.90 Å². The number of methoxy groups -OCH3 is 1. The van der Waals surface area contributed by atoms with Gasteiger partial charge in [-0.1, -0.05) is 48.0 Å². The summed E-state index contributed by atoms with van der Waals surface area (Å²) in [6, 6.07) is 21.8. The maximum atomic E-state index is 12.6. The largest absolute Gasteiger partial charge is 0.465 e. The van der Waals surface area contributed by atoms with Gasteiger partial charge in [-0.25, -0.2) is 4.79 Å². The van der Waals surface area contributed by atoms with Gasteiger partial charge in [0.2, 0.25) is 5.91 Å². The molecule has 4 rings (SSSR count). The first-order valence-corrected chi connectivity index (χ1v) is 11.3. The van der Waals surface area contributed by atoms with Gasteiger partial charge in [0.25, 0.3) is 0 Å². The molecule has 1 unspecified atom stereocenters. The number of nitrogens with one attached hydrogen (secondary N) is 1. The lowest BCUT2D eigenvalue weighted by Crippen LogP contribution is -2.18. The molecule has 6 nitrogen and oxygen atoms in total. The Morgan fingerprint density at radius 3 is 2.24 bits per heavy atom. The van der Waals surface area contributed by atoms with Gasteiger partial charge in [0, 0.05) is 24.5 Å². The third-order valence-electron chi connectivity index (χ3n) is 5.99. The number of carbonyl (C=O) groups is 2. The van der Waals surface area contributed by atoms with Crippen molar-refractivity contribution in [1.29, 1.82) is 0 Å². The van der Waals surface area contributed by atoms with Gasteiger partial charge in [-0.15, -0.1) is 0 Å². The number of esters is 1. The molecule has 3 aromatic rings. The summed E-state index contributed by atoms with van der Waals surface area (Å²) in [4.78, 5) is 31.4. The molecule has 0 fully saturated rings. The highest BCUT2D eigenvalue weighted by molar-refractivity contribution is 6.18. The maximum Gasteiger partial charge on any atom is 0.337 e. The molecule has 3 aromatic carbocycles. The molecule has 0 saturated heterocycles. The number of nitrogens with zero attached hydrogens (tertiary/aromatic N) is 2. The second kappa shape index (κ2) is 10.0. The monoisotopic (exact) mass is 455 g/mol. The van der Waals surface area contributed by atoms with Crippen LogP contribution in [0.5, 0.6) is 0 Å². The summed E-state index contributed by atoms with van der Waals surface area (Å²) in [5.41, 5.74) is 7.10. The number of benzene rings is 3. The van der Waals surface area contributed by atoms with Crippen LogP contribution in [-0.4, -0.2) is 36.6 Å². The van der Waals surface area contributed by atoms with E-state index in [-0.39, 0.29) is 5.91 Å². The third kappa shape index (κ3) is 5.24. The minimum atomic E-state index is -0.484. The molecule has 0 radical (unpaired) electrons. The lowest BCUT2D eigenvalue weighted by atomic mass is 9.95. The number of rotatable bonds is 7. The topological polar surface area (TPSA) is 71.0 Å². The van der Waals surface area contributed by atoms with E-state index in [1.54, 1.807) is 18.2 Å².